The zero-order valence-corrected chi connectivity index (χ0v) is 20.8. The number of aliphatic hydroxyl groups is 1. The van der Waals surface area contributed by atoms with Crippen LogP contribution >= 0.6 is 0 Å². The number of benzene rings is 1. The molecule has 9 heteroatoms. The summed E-state index contributed by atoms with van der Waals surface area (Å²) in [4.78, 5) is 13.3. The fraction of sp³-hybridized carbons (Fsp3) is 0.519. The Hall–Kier alpha value is -2.72. The molecule has 0 aliphatic carbocycles. The topological polar surface area (TPSA) is 101 Å². The Morgan fingerprint density at radius 3 is 2.75 bits per heavy atom. The van der Waals surface area contributed by atoms with Crippen molar-refractivity contribution in [2.24, 2.45) is 0 Å². The number of rotatable bonds is 7. The average molecular weight is 496 g/mol. The highest BCUT2D eigenvalue weighted by Gasteiger charge is 2.25. The maximum Gasteiger partial charge on any atom is 0.223 e. The fourth-order valence-corrected chi connectivity index (χ4v) is 5.08. The van der Waals surface area contributed by atoms with Crippen LogP contribution in [0.25, 0.3) is 22.2 Å². The molecule has 0 bridgehead atoms. The Bertz CT molecular complexity index is 1200. The third-order valence-corrected chi connectivity index (χ3v) is 6.97. The van der Waals surface area contributed by atoms with Gasteiger partial charge in [0.1, 0.15) is 5.69 Å². The predicted octanol–water partition coefficient (Wildman–Crippen LogP) is 3.78. The Morgan fingerprint density at radius 2 is 1.97 bits per heavy atom. The second kappa shape index (κ2) is 11.1. The van der Waals surface area contributed by atoms with Gasteiger partial charge in [-0.15, -0.1) is 0 Å². The fourth-order valence-electron chi connectivity index (χ4n) is 5.08. The summed E-state index contributed by atoms with van der Waals surface area (Å²) in [5, 5.41) is 17.9. The number of pyridine rings is 1. The number of anilines is 1. The van der Waals surface area contributed by atoms with Gasteiger partial charge in [0.05, 0.1) is 37.1 Å². The second-order valence-corrected chi connectivity index (χ2v) is 9.95. The lowest BCUT2D eigenvalue weighted by Gasteiger charge is -2.28. The molecule has 0 radical (unpaired) electrons. The number of aromatic nitrogens is 3. The molecule has 192 valence electrons. The molecule has 3 atom stereocenters. The van der Waals surface area contributed by atoms with Crippen LogP contribution < -0.4 is 10.6 Å². The lowest BCUT2D eigenvalue weighted by molar-refractivity contribution is -0.0136. The molecule has 0 spiro atoms. The van der Waals surface area contributed by atoms with Gasteiger partial charge in [-0.2, -0.15) is 0 Å². The van der Waals surface area contributed by atoms with Crippen molar-refractivity contribution in [3.05, 3.63) is 47.5 Å². The van der Waals surface area contributed by atoms with Gasteiger partial charge in [-0.3, -0.25) is 4.98 Å². The smallest absolute Gasteiger partial charge is 0.223 e. The Morgan fingerprint density at radius 1 is 1.11 bits per heavy atom. The van der Waals surface area contributed by atoms with Crippen molar-refractivity contribution in [2.45, 2.75) is 63.8 Å². The van der Waals surface area contributed by atoms with Gasteiger partial charge < -0.3 is 25.2 Å². The van der Waals surface area contributed by atoms with Gasteiger partial charge in [0, 0.05) is 42.9 Å². The first-order valence-electron chi connectivity index (χ1n) is 12.8. The molecule has 5 rings (SSSR count). The van der Waals surface area contributed by atoms with Gasteiger partial charge in [-0.25, -0.2) is 14.4 Å². The van der Waals surface area contributed by atoms with Crippen molar-refractivity contribution >= 4 is 16.9 Å². The molecule has 0 unspecified atom stereocenters. The second-order valence-electron chi connectivity index (χ2n) is 9.95. The third kappa shape index (κ3) is 5.49. The van der Waals surface area contributed by atoms with Crippen molar-refractivity contribution in [2.75, 3.05) is 31.7 Å². The molecular weight excluding hydrogens is 461 g/mol. The molecule has 2 saturated heterocycles. The number of hydrogen-bond donors (Lipinski definition) is 3. The highest BCUT2D eigenvalue weighted by molar-refractivity contribution is 5.88. The third-order valence-electron chi connectivity index (χ3n) is 6.97. The molecule has 2 aliphatic heterocycles. The lowest BCUT2D eigenvalue weighted by atomic mass is 9.92. The maximum atomic E-state index is 14.9. The number of aliphatic hydroxyl groups excluding tert-OH is 1. The summed E-state index contributed by atoms with van der Waals surface area (Å²) in [6, 6.07) is 5.84. The lowest BCUT2D eigenvalue weighted by Crippen LogP contribution is -2.42. The van der Waals surface area contributed by atoms with E-state index in [4.69, 9.17) is 14.5 Å². The van der Waals surface area contributed by atoms with Gasteiger partial charge in [0.2, 0.25) is 5.95 Å². The van der Waals surface area contributed by atoms with Crippen LogP contribution in [0.15, 0.2) is 30.6 Å². The van der Waals surface area contributed by atoms with E-state index < -0.39 is 11.9 Å². The minimum Gasteiger partial charge on any atom is -0.389 e. The molecule has 8 nitrogen and oxygen atoms in total. The number of hydrogen-bond acceptors (Lipinski definition) is 8. The number of nitrogens with zero attached hydrogens (tertiary/aromatic N) is 3. The zero-order chi connectivity index (χ0) is 25.1. The van der Waals surface area contributed by atoms with E-state index in [9.17, 15) is 9.50 Å². The molecule has 3 N–H and O–H groups in total. The molecule has 3 aromatic rings. The molecule has 2 aliphatic rings. The van der Waals surface area contributed by atoms with Crippen LogP contribution in [0, 0.1) is 5.82 Å². The highest BCUT2D eigenvalue weighted by Crippen LogP contribution is 2.32. The summed E-state index contributed by atoms with van der Waals surface area (Å²) in [7, 11) is 0. The quantitative estimate of drug-likeness (QED) is 0.455. The number of ether oxygens (including phenoxy) is 2. The van der Waals surface area contributed by atoms with Crippen LogP contribution in [0.1, 0.15) is 50.2 Å². The van der Waals surface area contributed by atoms with Crippen molar-refractivity contribution in [1.82, 2.24) is 20.3 Å². The minimum absolute atomic E-state index is 0.216. The molecule has 1 aromatic carbocycles. The minimum atomic E-state index is -0.664. The number of fused-ring (bicyclic) bond motifs is 1. The predicted molar refractivity (Wildman–Crippen MR) is 136 cm³/mol. The molecule has 4 heterocycles. The molecule has 0 amide bonds. The van der Waals surface area contributed by atoms with E-state index in [0.29, 0.717) is 31.2 Å². The van der Waals surface area contributed by atoms with E-state index in [0.717, 1.165) is 42.5 Å². The monoisotopic (exact) mass is 495 g/mol. The average Bonchev–Trinajstić information content (AvgIpc) is 2.89. The van der Waals surface area contributed by atoms with E-state index in [1.165, 1.54) is 11.8 Å². The van der Waals surface area contributed by atoms with Gasteiger partial charge in [0.25, 0.3) is 0 Å². The summed E-state index contributed by atoms with van der Waals surface area (Å²) in [6.45, 7) is 7.41. The molecule has 2 fully saturated rings. The normalized spacial score (nSPS) is 22.8. The Balaban J connectivity index is 1.46. The van der Waals surface area contributed by atoms with E-state index in [1.54, 1.807) is 0 Å². The van der Waals surface area contributed by atoms with Crippen LogP contribution in [0.3, 0.4) is 0 Å². The Labute approximate surface area is 210 Å². The summed E-state index contributed by atoms with van der Waals surface area (Å²) in [6.07, 6.45) is 5.26. The van der Waals surface area contributed by atoms with Gasteiger partial charge in [-0.1, -0.05) is 19.9 Å². The van der Waals surface area contributed by atoms with Crippen LogP contribution in [-0.2, 0) is 16.0 Å². The van der Waals surface area contributed by atoms with Gasteiger partial charge in [-0.05, 0) is 48.4 Å². The summed E-state index contributed by atoms with van der Waals surface area (Å²) in [5.74, 6) is 0.0431. The number of nitrogens with one attached hydrogen (secondary N) is 2. The van der Waals surface area contributed by atoms with Crippen molar-refractivity contribution in [3.8, 4) is 11.3 Å². The molecule has 36 heavy (non-hydrogen) atoms. The van der Waals surface area contributed by atoms with E-state index in [2.05, 4.69) is 34.4 Å². The number of halogens is 1. The summed E-state index contributed by atoms with van der Waals surface area (Å²) < 4.78 is 25.8. The summed E-state index contributed by atoms with van der Waals surface area (Å²) >= 11 is 0. The van der Waals surface area contributed by atoms with E-state index in [1.807, 2.05) is 24.4 Å². The van der Waals surface area contributed by atoms with Crippen molar-refractivity contribution in [3.63, 3.8) is 0 Å². The highest BCUT2D eigenvalue weighted by atomic mass is 19.1. The van der Waals surface area contributed by atoms with Gasteiger partial charge >= 0.3 is 0 Å². The standard InChI is InChI=1S/C27H34FN5O3/c1-16(2)25-18(11-29-19-4-3-8-35-14-19)12-30-22-6-5-17(10-20(22)25)26-21(28)13-31-27(33-26)32-23-7-9-36-15-24(23)34/h5-6,10,12-13,16,19,23-24,29,34H,3-4,7-9,11,14-15H2,1-2H3,(H,31,32,33)/t19-,23-,24+/m1/s1. The maximum absolute atomic E-state index is 14.9. The first-order valence-corrected chi connectivity index (χ1v) is 12.8. The van der Waals surface area contributed by atoms with Crippen LogP contribution in [0.5, 0.6) is 0 Å². The van der Waals surface area contributed by atoms with E-state index >= 15 is 0 Å². The molecule has 0 saturated carbocycles. The summed E-state index contributed by atoms with van der Waals surface area (Å²) in [5.41, 5.74) is 4.08. The van der Waals surface area contributed by atoms with Crippen LogP contribution in [-0.4, -0.2) is 64.7 Å². The first-order chi connectivity index (χ1) is 17.5. The van der Waals surface area contributed by atoms with Crippen LogP contribution in [0.2, 0.25) is 0 Å². The first kappa shape index (κ1) is 25.0. The van der Waals surface area contributed by atoms with Gasteiger partial charge in [0.15, 0.2) is 5.82 Å². The van der Waals surface area contributed by atoms with E-state index in [-0.39, 0.29) is 30.2 Å². The molecular formula is C27H34FN5O3. The van der Waals surface area contributed by atoms with Crippen molar-refractivity contribution in [1.29, 1.82) is 0 Å². The largest absolute Gasteiger partial charge is 0.389 e. The molecule has 2 aromatic heterocycles. The SMILES string of the molecule is CC(C)c1c(CN[C@@H]2CCCOC2)cnc2ccc(-c3nc(N[C@@H]4CCOC[C@@H]4O)ncc3F)cc12. The van der Waals surface area contributed by atoms with Crippen LogP contribution in [0.4, 0.5) is 10.3 Å². The Kier molecular flexibility index (Phi) is 7.71. The van der Waals surface area contributed by atoms with Crippen molar-refractivity contribution < 1.29 is 19.0 Å². The zero-order valence-electron chi connectivity index (χ0n) is 20.8.